The number of aromatic nitrogens is 4. The van der Waals surface area contributed by atoms with Crippen molar-refractivity contribution in [3.63, 3.8) is 0 Å². The van der Waals surface area contributed by atoms with E-state index >= 15 is 0 Å². The molecule has 1 unspecified atom stereocenters. The highest BCUT2D eigenvalue weighted by Crippen LogP contribution is 2.38. The predicted molar refractivity (Wildman–Crippen MR) is 112 cm³/mol. The average molecular weight is 397 g/mol. The number of carbonyl (C=O) groups excluding carboxylic acids is 1. The second kappa shape index (κ2) is 7.44. The van der Waals surface area contributed by atoms with Gasteiger partial charge in [-0.2, -0.15) is 4.68 Å². The van der Waals surface area contributed by atoms with Gasteiger partial charge in [-0.1, -0.05) is 77.9 Å². The maximum absolute atomic E-state index is 13.2. The number of nitrogens with zero attached hydrogens (tertiary/aromatic N) is 4. The Labute approximate surface area is 173 Å². The Hall–Kier alpha value is -4.00. The van der Waals surface area contributed by atoms with Gasteiger partial charge in [0.25, 0.3) is 0 Å². The van der Waals surface area contributed by atoms with Gasteiger partial charge in [0.2, 0.25) is 5.95 Å². The zero-order chi connectivity index (χ0) is 20.5. The molecule has 0 radical (unpaired) electrons. The number of allylic oxidation sites excluding steroid dienone is 1. The summed E-state index contributed by atoms with van der Waals surface area (Å²) in [6.07, 6.45) is 0. The summed E-state index contributed by atoms with van der Waals surface area (Å²) in [5.41, 5.74) is 3.03. The van der Waals surface area contributed by atoms with Crippen molar-refractivity contribution >= 4 is 22.7 Å². The van der Waals surface area contributed by atoms with Crippen molar-refractivity contribution in [1.82, 2.24) is 20.2 Å². The Morgan fingerprint density at radius 3 is 2.67 bits per heavy atom. The Morgan fingerprint density at radius 2 is 1.80 bits per heavy atom. The minimum absolute atomic E-state index is 0.196. The highest BCUT2D eigenvalue weighted by atomic mass is 16.5. The van der Waals surface area contributed by atoms with Crippen LogP contribution in [0, 0.1) is 0 Å². The molecule has 0 saturated heterocycles. The molecule has 148 valence electrons. The highest BCUT2D eigenvalue weighted by molar-refractivity contribution is 5.95. The van der Waals surface area contributed by atoms with E-state index in [1.54, 1.807) is 4.68 Å². The van der Waals surface area contributed by atoms with Gasteiger partial charge in [0.1, 0.15) is 12.6 Å². The molecule has 0 fully saturated rings. The molecule has 0 spiro atoms. The molecule has 3 aromatic carbocycles. The zero-order valence-corrected chi connectivity index (χ0v) is 16.3. The second-order valence-electron chi connectivity index (χ2n) is 7.14. The molecule has 2 heterocycles. The van der Waals surface area contributed by atoms with Gasteiger partial charge < -0.3 is 10.1 Å². The molecule has 1 N–H and O–H groups in total. The van der Waals surface area contributed by atoms with Crippen molar-refractivity contribution in [2.24, 2.45) is 0 Å². The monoisotopic (exact) mass is 397 g/mol. The molecule has 7 nitrogen and oxygen atoms in total. The van der Waals surface area contributed by atoms with Gasteiger partial charge in [-0.15, -0.1) is 0 Å². The number of ether oxygens (including phenoxy) is 1. The van der Waals surface area contributed by atoms with Crippen LogP contribution in [-0.4, -0.2) is 26.2 Å². The standard InChI is InChI=1S/C23H19N5O2/c1-15-20(22(29)30-14-16-8-3-2-4-9-16)21(28-23(24-15)25-26-27-28)19-13-7-11-17-10-5-6-12-18(17)19/h2-13,21H,14H2,1H3,(H,24,25,27). The molecule has 4 aromatic rings. The predicted octanol–water partition coefficient (Wildman–Crippen LogP) is 3.86. The number of rotatable bonds is 4. The summed E-state index contributed by atoms with van der Waals surface area (Å²) in [5, 5.41) is 17.3. The fourth-order valence-corrected chi connectivity index (χ4v) is 3.85. The van der Waals surface area contributed by atoms with Crippen LogP contribution in [0.1, 0.15) is 24.1 Å². The first-order chi connectivity index (χ1) is 14.7. The van der Waals surface area contributed by atoms with Gasteiger partial charge in [-0.05, 0) is 39.2 Å². The Balaban J connectivity index is 1.58. The van der Waals surface area contributed by atoms with E-state index < -0.39 is 12.0 Å². The number of carbonyl (C=O) groups is 1. The maximum atomic E-state index is 13.2. The van der Waals surface area contributed by atoms with Crippen molar-refractivity contribution in [2.45, 2.75) is 19.6 Å². The summed E-state index contributed by atoms with van der Waals surface area (Å²) >= 11 is 0. The number of fused-ring (bicyclic) bond motifs is 2. The van der Waals surface area contributed by atoms with Crippen LogP contribution in [0.3, 0.4) is 0 Å². The van der Waals surface area contributed by atoms with Crippen LogP contribution in [0.15, 0.2) is 84.1 Å². The normalized spacial score (nSPS) is 15.6. The van der Waals surface area contributed by atoms with E-state index in [-0.39, 0.29) is 6.61 Å². The summed E-state index contributed by atoms with van der Waals surface area (Å²) in [6.45, 7) is 2.04. The molecule has 5 rings (SSSR count). The third-order valence-electron chi connectivity index (χ3n) is 5.26. The highest BCUT2D eigenvalue weighted by Gasteiger charge is 2.35. The number of anilines is 1. The molecule has 7 heteroatoms. The van der Waals surface area contributed by atoms with Crippen LogP contribution < -0.4 is 5.32 Å². The van der Waals surface area contributed by atoms with Crippen molar-refractivity contribution in [2.75, 3.05) is 5.32 Å². The third-order valence-corrected chi connectivity index (χ3v) is 5.26. The van der Waals surface area contributed by atoms with Crippen LogP contribution in [0.5, 0.6) is 0 Å². The lowest BCUT2D eigenvalue weighted by Crippen LogP contribution is -2.29. The quantitative estimate of drug-likeness (QED) is 0.527. The average Bonchev–Trinajstić information content (AvgIpc) is 3.25. The lowest BCUT2D eigenvalue weighted by Gasteiger charge is -2.28. The molecule has 0 aliphatic carbocycles. The number of nitrogens with one attached hydrogen (secondary N) is 1. The molecular weight excluding hydrogens is 378 g/mol. The molecular formula is C23H19N5O2. The summed E-state index contributed by atoms with van der Waals surface area (Å²) < 4.78 is 7.31. The van der Waals surface area contributed by atoms with E-state index in [4.69, 9.17) is 4.74 Å². The van der Waals surface area contributed by atoms with Gasteiger partial charge in [0, 0.05) is 5.70 Å². The Kier molecular flexibility index (Phi) is 4.48. The van der Waals surface area contributed by atoms with Gasteiger partial charge in [0.05, 0.1) is 5.57 Å². The lowest BCUT2D eigenvalue weighted by molar-refractivity contribution is -0.140. The van der Waals surface area contributed by atoms with Gasteiger partial charge in [-0.25, -0.2) is 4.79 Å². The largest absolute Gasteiger partial charge is 0.457 e. The van der Waals surface area contributed by atoms with Crippen LogP contribution in [-0.2, 0) is 16.1 Å². The van der Waals surface area contributed by atoms with Crippen molar-refractivity contribution in [3.05, 3.63) is 95.2 Å². The summed E-state index contributed by atoms with van der Waals surface area (Å²) in [5.74, 6) is 0.0907. The molecule has 1 aliphatic heterocycles. The van der Waals surface area contributed by atoms with Crippen LogP contribution >= 0.6 is 0 Å². The Morgan fingerprint density at radius 1 is 1.03 bits per heavy atom. The van der Waals surface area contributed by atoms with Gasteiger partial charge in [0.15, 0.2) is 0 Å². The SMILES string of the molecule is CC1=C(C(=O)OCc2ccccc2)C(c2cccc3ccccc23)n2nnnc2N1. The first-order valence-corrected chi connectivity index (χ1v) is 9.67. The van der Waals surface area contributed by atoms with Crippen LogP contribution in [0.25, 0.3) is 10.8 Å². The number of hydrogen-bond donors (Lipinski definition) is 1. The fourth-order valence-electron chi connectivity index (χ4n) is 3.85. The number of hydrogen-bond acceptors (Lipinski definition) is 6. The second-order valence-corrected chi connectivity index (χ2v) is 7.14. The topological polar surface area (TPSA) is 81.9 Å². The molecule has 1 aromatic heterocycles. The number of tetrazole rings is 1. The van der Waals surface area contributed by atoms with Crippen molar-refractivity contribution in [3.8, 4) is 0 Å². The first-order valence-electron chi connectivity index (χ1n) is 9.67. The van der Waals surface area contributed by atoms with E-state index in [1.807, 2.05) is 79.7 Å². The maximum Gasteiger partial charge on any atom is 0.338 e. The minimum Gasteiger partial charge on any atom is -0.457 e. The zero-order valence-electron chi connectivity index (χ0n) is 16.3. The van der Waals surface area contributed by atoms with E-state index in [0.29, 0.717) is 17.2 Å². The minimum atomic E-state index is -0.495. The lowest BCUT2D eigenvalue weighted by atomic mass is 9.91. The van der Waals surface area contributed by atoms with E-state index in [9.17, 15) is 4.79 Å². The van der Waals surface area contributed by atoms with Gasteiger partial charge in [-0.3, -0.25) is 0 Å². The first kappa shape index (κ1) is 18.1. The van der Waals surface area contributed by atoms with E-state index in [2.05, 4.69) is 20.8 Å². The van der Waals surface area contributed by atoms with E-state index in [1.165, 1.54) is 0 Å². The van der Waals surface area contributed by atoms with Crippen LogP contribution in [0.2, 0.25) is 0 Å². The molecule has 30 heavy (non-hydrogen) atoms. The summed E-state index contributed by atoms with van der Waals surface area (Å²) in [7, 11) is 0. The smallest absolute Gasteiger partial charge is 0.338 e. The van der Waals surface area contributed by atoms with Crippen molar-refractivity contribution < 1.29 is 9.53 Å². The van der Waals surface area contributed by atoms with Gasteiger partial charge >= 0.3 is 5.97 Å². The van der Waals surface area contributed by atoms with Crippen molar-refractivity contribution in [1.29, 1.82) is 0 Å². The molecule has 1 atom stereocenters. The molecule has 0 saturated carbocycles. The summed E-state index contributed by atoms with van der Waals surface area (Å²) in [6, 6.07) is 23.2. The number of esters is 1. The van der Waals surface area contributed by atoms with E-state index in [0.717, 1.165) is 21.9 Å². The molecule has 0 bridgehead atoms. The molecule has 1 aliphatic rings. The molecule has 0 amide bonds. The van der Waals surface area contributed by atoms with Crippen LogP contribution in [0.4, 0.5) is 5.95 Å². The Bertz CT molecular complexity index is 1260. The summed E-state index contributed by atoms with van der Waals surface area (Å²) in [4.78, 5) is 13.2. The fraction of sp³-hybridized carbons (Fsp3) is 0.130. The third kappa shape index (κ3) is 3.10. The number of benzene rings is 3.